The van der Waals surface area contributed by atoms with Crippen LogP contribution in [0.15, 0.2) is 28.2 Å². The number of anilines is 1. The fraction of sp³-hybridized carbons (Fsp3) is 0.500. The van der Waals surface area contributed by atoms with E-state index >= 15 is 0 Å². The molecule has 1 aromatic rings. The van der Waals surface area contributed by atoms with Crippen LogP contribution in [0.5, 0.6) is 0 Å². The predicted molar refractivity (Wildman–Crippen MR) is 87.7 cm³/mol. The Morgan fingerprint density at radius 2 is 1.79 bits per heavy atom. The molecular formula is C16H20F3N5. The highest BCUT2D eigenvalue weighted by atomic mass is 19.4. The van der Waals surface area contributed by atoms with E-state index < -0.39 is 17.4 Å². The van der Waals surface area contributed by atoms with Crippen LogP contribution in [0.25, 0.3) is 0 Å². The molecule has 0 radical (unpaired) electrons. The van der Waals surface area contributed by atoms with Gasteiger partial charge in [-0.25, -0.2) is 4.99 Å². The molecule has 130 valence electrons. The third-order valence-corrected chi connectivity index (χ3v) is 4.63. The van der Waals surface area contributed by atoms with E-state index in [1.54, 1.807) is 11.8 Å². The van der Waals surface area contributed by atoms with Crippen LogP contribution in [0.4, 0.5) is 18.9 Å². The minimum atomic E-state index is -4.42. The summed E-state index contributed by atoms with van der Waals surface area (Å²) in [6.45, 7) is 1.75. The van der Waals surface area contributed by atoms with Gasteiger partial charge in [-0.15, -0.1) is 0 Å². The van der Waals surface area contributed by atoms with Crippen molar-refractivity contribution in [1.29, 1.82) is 0 Å². The molecule has 5 nitrogen and oxygen atoms in total. The summed E-state index contributed by atoms with van der Waals surface area (Å²) in [4.78, 5) is 10.1. The van der Waals surface area contributed by atoms with Crippen LogP contribution < -0.4 is 16.4 Å². The number of nitrogens with two attached hydrogens (primary N) is 2. The van der Waals surface area contributed by atoms with Crippen molar-refractivity contribution in [1.82, 2.24) is 0 Å². The summed E-state index contributed by atoms with van der Waals surface area (Å²) in [5.41, 5.74) is 11.4. The van der Waals surface area contributed by atoms with E-state index in [0.29, 0.717) is 24.1 Å². The van der Waals surface area contributed by atoms with Gasteiger partial charge < -0.3 is 11.5 Å². The first-order valence-corrected chi connectivity index (χ1v) is 7.90. The quantitative estimate of drug-likeness (QED) is 0.825. The van der Waals surface area contributed by atoms with Gasteiger partial charge >= 0.3 is 6.18 Å². The normalized spacial score (nSPS) is 20.8. The van der Waals surface area contributed by atoms with Crippen LogP contribution in [-0.4, -0.2) is 17.6 Å². The van der Waals surface area contributed by atoms with E-state index in [9.17, 15) is 13.2 Å². The first-order valence-electron chi connectivity index (χ1n) is 7.90. The summed E-state index contributed by atoms with van der Waals surface area (Å²) < 4.78 is 39.4. The zero-order valence-corrected chi connectivity index (χ0v) is 13.4. The maximum Gasteiger partial charge on any atom is 0.416 e. The van der Waals surface area contributed by atoms with E-state index in [2.05, 4.69) is 9.98 Å². The number of hydrogen-bond donors (Lipinski definition) is 2. The highest BCUT2D eigenvalue weighted by molar-refractivity contribution is 6.06. The van der Waals surface area contributed by atoms with Crippen LogP contribution in [0.1, 0.15) is 43.2 Å². The van der Waals surface area contributed by atoms with Gasteiger partial charge in [0.15, 0.2) is 0 Å². The van der Waals surface area contributed by atoms with Crippen molar-refractivity contribution < 1.29 is 13.2 Å². The Morgan fingerprint density at radius 1 is 1.12 bits per heavy atom. The number of guanidine groups is 2. The molecule has 8 heteroatoms. The molecule has 0 amide bonds. The summed E-state index contributed by atoms with van der Waals surface area (Å²) in [7, 11) is 0. The monoisotopic (exact) mass is 339 g/mol. The number of rotatable bonds is 1. The van der Waals surface area contributed by atoms with Gasteiger partial charge in [-0.05, 0) is 50.3 Å². The van der Waals surface area contributed by atoms with Crippen LogP contribution >= 0.6 is 0 Å². The van der Waals surface area contributed by atoms with Gasteiger partial charge in [0.05, 0.1) is 5.56 Å². The van der Waals surface area contributed by atoms with Crippen LogP contribution in [0, 0.1) is 6.92 Å². The molecule has 1 saturated carbocycles. The average molecular weight is 339 g/mol. The summed E-state index contributed by atoms with van der Waals surface area (Å²) in [5.74, 6) is 0.169. The zero-order chi connectivity index (χ0) is 17.5. The minimum Gasteiger partial charge on any atom is -0.369 e. The van der Waals surface area contributed by atoms with Gasteiger partial charge in [0.1, 0.15) is 5.66 Å². The van der Waals surface area contributed by atoms with Crippen molar-refractivity contribution in [2.24, 2.45) is 21.5 Å². The van der Waals surface area contributed by atoms with Crippen molar-refractivity contribution in [3.05, 3.63) is 29.3 Å². The topological polar surface area (TPSA) is 80.0 Å². The maximum atomic E-state index is 13.1. The summed E-state index contributed by atoms with van der Waals surface area (Å²) in [5, 5.41) is 0. The van der Waals surface area contributed by atoms with Gasteiger partial charge in [0.2, 0.25) is 11.9 Å². The number of halogens is 3. The summed E-state index contributed by atoms with van der Waals surface area (Å²) in [6.07, 6.45) is -0.174. The lowest BCUT2D eigenvalue weighted by Gasteiger charge is -2.46. The lowest BCUT2D eigenvalue weighted by Crippen LogP contribution is -2.58. The lowest BCUT2D eigenvalue weighted by molar-refractivity contribution is -0.137. The van der Waals surface area contributed by atoms with Gasteiger partial charge in [-0.3, -0.25) is 4.90 Å². The molecule has 1 aliphatic carbocycles. The lowest BCUT2D eigenvalue weighted by atomic mass is 9.87. The Hall–Kier alpha value is -2.25. The van der Waals surface area contributed by atoms with Crippen LogP contribution in [0.2, 0.25) is 0 Å². The molecule has 1 spiro atoms. The standard InChI is InChI=1S/C16H20F3N5/c1-10-5-6-11(16(17,18)19)9-12(10)24-14(21)22-13(20)23-15(24)7-3-2-4-8-15/h5-6,9H,2-4,7-8H2,1H3,(H4,20,21,22,23). The SMILES string of the molecule is Cc1ccc(C(F)(F)F)cc1N1C(N)=NC(N)=NC12CCCCC2. The van der Waals surface area contributed by atoms with Gasteiger partial charge in [0.25, 0.3) is 0 Å². The Balaban J connectivity index is 2.14. The van der Waals surface area contributed by atoms with E-state index in [-0.39, 0.29) is 11.9 Å². The Bertz CT molecular complexity index is 702. The van der Waals surface area contributed by atoms with E-state index in [4.69, 9.17) is 11.5 Å². The van der Waals surface area contributed by atoms with Crippen LogP contribution in [-0.2, 0) is 6.18 Å². The fourth-order valence-electron chi connectivity index (χ4n) is 3.50. The molecule has 0 atom stereocenters. The highest BCUT2D eigenvalue weighted by Gasteiger charge is 2.43. The van der Waals surface area contributed by atoms with Crippen molar-refractivity contribution in [3.8, 4) is 0 Å². The molecule has 3 rings (SSSR count). The van der Waals surface area contributed by atoms with Gasteiger partial charge in [0, 0.05) is 5.69 Å². The molecular weight excluding hydrogens is 319 g/mol. The third kappa shape index (κ3) is 2.81. The first kappa shape index (κ1) is 16.6. The number of aryl methyl sites for hydroxylation is 1. The summed E-state index contributed by atoms with van der Waals surface area (Å²) >= 11 is 0. The third-order valence-electron chi connectivity index (χ3n) is 4.63. The molecule has 1 aliphatic heterocycles. The van der Waals surface area contributed by atoms with Crippen molar-refractivity contribution >= 4 is 17.6 Å². The molecule has 4 N–H and O–H groups in total. The van der Waals surface area contributed by atoms with E-state index in [1.807, 2.05) is 0 Å². The maximum absolute atomic E-state index is 13.1. The van der Waals surface area contributed by atoms with Gasteiger partial charge in [-0.1, -0.05) is 12.5 Å². The predicted octanol–water partition coefficient (Wildman–Crippen LogP) is 3.12. The molecule has 1 fully saturated rings. The Labute approximate surface area is 138 Å². The molecule has 0 saturated heterocycles. The smallest absolute Gasteiger partial charge is 0.369 e. The second-order valence-electron chi connectivity index (χ2n) is 6.32. The van der Waals surface area contributed by atoms with Gasteiger partial charge in [-0.2, -0.15) is 18.2 Å². The fourth-order valence-corrected chi connectivity index (χ4v) is 3.50. The summed E-state index contributed by atoms with van der Waals surface area (Å²) in [6, 6.07) is 3.63. The number of hydrogen-bond acceptors (Lipinski definition) is 5. The second-order valence-corrected chi connectivity index (χ2v) is 6.32. The zero-order valence-electron chi connectivity index (χ0n) is 13.4. The molecule has 2 aliphatic rings. The highest BCUT2D eigenvalue weighted by Crippen LogP contribution is 2.42. The van der Waals surface area contributed by atoms with Crippen molar-refractivity contribution in [3.63, 3.8) is 0 Å². The van der Waals surface area contributed by atoms with Crippen molar-refractivity contribution in [2.45, 2.75) is 50.9 Å². The van der Waals surface area contributed by atoms with E-state index in [0.717, 1.165) is 31.4 Å². The van der Waals surface area contributed by atoms with Crippen LogP contribution in [0.3, 0.4) is 0 Å². The Morgan fingerprint density at radius 3 is 2.42 bits per heavy atom. The largest absolute Gasteiger partial charge is 0.416 e. The minimum absolute atomic E-state index is 0.0790. The number of nitrogens with zero attached hydrogens (tertiary/aromatic N) is 3. The number of aliphatic imine (C=N–C) groups is 2. The second kappa shape index (κ2) is 5.68. The molecule has 0 aromatic heterocycles. The number of benzene rings is 1. The first-order chi connectivity index (χ1) is 11.2. The molecule has 0 unspecified atom stereocenters. The Kier molecular flexibility index (Phi) is 3.93. The van der Waals surface area contributed by atoms with Crippen molar-refractivity contribution in [2.75, 3.05) is 4.90 Å². The van der Waals surface area contributed by atoms with E-state index in [1.165, 1.54) is 6.07 Å². The molecule has 1 aromatic carbocycles. The molecule has 1 heterocycles. The average Bonchev–Trinajstić information content (AvgIpc) is 2.48. The molecule has 24 heavy (non-hydrogen) atoms. The molecule has 0 bridgehead atoms. The number of alkyl halides is 3.